The van der Waals surface area contributed by atoms with Gasteiger partial charge in [0.2, 0.25) is 17.7 Å². The van der Waals surface area contributed by atoms with Crippen molar-refractivity contribution < 1.29 is 23.9 Å². The predicted molar refractivity (Wildman–Crippen MR) is 141 cm³/mol. The molecule has 6 rings (SSSR count). The molecule has 0 radical (unpaired) electrons. The molecule has 0 aromatic heterocycles. The lowest BCUT2D eigenvalue weighted by Gasteiger charge is -2.44. The zero-order valence-corrected chi connectivity index (χ0v) is 21.7. The van der Waals surface area contributed by atoms with Crippen LogP contribution in [0.4, 0.5) is 5.69 Å². The predicted octanol–water partition coefficient (Wildman–Crippen LogP) is 4.12. The number of hydrogen-bond donors (Lipinski definition) is 2. The number of rotatable bonds is 8. The topological polar surface area (TPSA) is 102 Å². The van der Waals surface area contributed by atoms with Crippen LogP contribution in [0.1, 0.15) is 67.6 Å². The Morgan fingerprint density at radius 2 is 1.84 bits per heavy atom. The highest BCUT2D eigenvalue weighted by molar-refractivity contribution is 6.10. The first-order valence-corrected chi connectivity index (χ1v) is 13.9. The van der Waals surface area contributed by atoms with E-state index < -0.39 is 11.3 Å². The summed E-state index contributed by atoms with van der Waals surface area (Å²) in [6, 6.07) is 15.8. The highest BCUT2D eigenvalue weighted by Gasteiger charge is 2.70. The molecule has 2 N–H and O–H groups in total. The number of nitrogens with one attached hydrogen (secondary N) is 2. The second-order valence-electron chi connectivity index (χ2n) is 11.4. The van der Waals surface area contributed by atoms with Crippen molar-refractivity contribution in [1.29, 1.82) is 0 Å². The normalized spacial score (nSPS) is 27.4. The maximum absolute atomic E-state index is 13.8. The van der Waals surface area contributed by atoms with Crippen molar-refractivity contribution in [1.82, 2.24) is 5.32 Å². The summed E-state index contributed by atoms with van der Waals surface area (Å²) in [4.78, 5) is 52.0. The number of fused-ring (bicyclic) bond motifs is 2. The van der Waals surface area contributed by atoms with Gasteiger partial charge in [-0.05, 0) is 66.8 Å². The molecule has 5 atom stereocenters. The fraction of sp³-hybridized carbons (Fsp3) is 0.484. The lowest BCUT2D eigenvalue weighted by atomic mass is 9.54. The van der Waals surface area contributed by atoms with E-state index in [0.717, 1.165) is 23.1 Å². The fourth-order valence-electron chi connectivity index (χ4n) is 7.52. The summed E-state index contributed by atoms with van der Waals surface area (Å²) in [5.74, 6) is -1.05. The molecule has 38 heavy (non-hydrogen) atoms. The smallest absolute Gasteiger partial charge is 0.234 e. The molecule has 1 spiro atoms. The van der Waals surface area contributed by atoms with Crippen LogP contribution < -0.4 is 10.6 Å². The van der Waals surface area contributed by atoms with E-state index in [2.05, 4.69) is 17.6 Å². The van der Waals surface area contributed by atoms with E-state index >= 15 is 0 Å². The van der Waals surface area contributed by atoms with Crippen LogP contribution >= 0.6 is 0 Å². The number of carbonyl (C=O) groups excluding carboxylic acids is 4. The Labute approximate surface area is 222 Å². The molecule has 198 valence electrons. The quantitative estimate of drug-likeness (QED) is 0.516. The summed E-state index contributed by atoms with van der Waals surface area (Å²) >= 11 is 0. The zero-order valence-electron chi connectivity index (χ0n) is 21.7. The van der Waals surface area contributed by atoms with Gasteiger partial charge in [0.25, 0.3) is 0 Å². The zero-order chi connectivity index (χ0) is 26.4. The maximum atomic E-state index is 13.8. The van der Waals surface area contributed by atoms with Gasteiger partial charge in [-0.25, -0.2) is 0 Å². The van der Waals surface area contributed by atoms with Crippen molar-refractivity contribution >= 4 is 29.2 Å². The van der Waals surface area contributed by atoms with E-state index in [9.17, 15) is 19.2 Å². The highest BCUT2D eigenvalue weighted by Crippen LogP contribution is 2.66. The van der Waals surface area contributed by atoms with Gasteiger partial charge in [-0.15, -0.1) is 0 Å². The van der Waals surface area contributed by atoms with Gasteiger partial charge in [0.05, 0.1) is 11.3 Å². The Bertz CT molecular complexity index is 1280. The van der Waals surface area contributed by atoms with Crippen LogP contribution in [0.25, 0.3) is 0 Å². The van der Waals surface area contributed by atoms with Crippen LogP contribution in [0.5, 0.6) is 0 Å². The summed E-state index contributed by atoms with van der Waals surface area (Å²) in [5, 5.41) is 5.56. The number of benzene rings is 2. The Balaban J connectivity index is 1.20. The van der Waals surface area contributed by atoms with Crippen LogP contribution in [0, 0.1) is 23.2 Å². The first-order valence-electron chi connectivity index (χ1n) is 13.9. The molecule has 3 amide bonds. The average Bonchev–Trinajstić information content (AvgIpc) is 3.26. The first-order chi connectivity index (χ1) is 18.4. The Morgan fingerprint density at radius 3 is 2.55 bits per heavy atom. The minimum atomic E-state index is -0.646. The molecule has 3 unspecified atom stereocenters. The van der Waals surface area contributed by atoms with E-state index in [4.69, 9.17) is 4.74 Å². The lowest BCUT2D eigenvalue weighted by Crippen LogP contribution is -2.48. The number of carbonyl (C=O) groups is 4. The summed E-state index contributed by atoms with van der Waals surface area (Å²) in [5.41, 5.74) is 3.22. The molecular weight excluding hydrogens is 480 g/mol. The molecule has 2 aromatic carbocycles. The van der Waals surface area contributed by atoms with Gasteiger partial charge < -0.3 is 10.1 Å². The Kier molecular flexibility index (Phi) is 6.42. The largest absolute Gasteiger partial charge is 0.381 e. The summed E-state index contributed by atoms with van der Waals surface area (Å²) in [6.07, 6.45) is 3.51. The fourth-order valence-corrected chi connectivity index (χ4v) is 7.52. The molecule has 0 bridgehead atoms. The van der Waals surface area contributed by atoms with Crippen molar-refractivity contribution in [2.24, 2.45) is 23.2 Å². The maximum Gasteiger partial charge on any atom is 0.234 e. The molecule has 4 aliphatic rings. The van der Waals surface area contributed by atoms with Gasteiger partial charge in [-0.3, -0.25) is 24.5 Å². The Hall–Kier alpha value is -3.32. The number of Topliss-reactive ketones (excluding diaryl/α,β-unsaturated/α-hetero) is 1. The summed E-state index contributed by atoms with van der Waals surface area (Å²) in [7, 11) is 0. The van der Waals surface area contributed by atoms with Crippen LogP contribution in [0.15, 0.2) is 48.5 Å². The Morgan fingerprint density at radius 1 is 1.08 bits per heavy atom. The summed E-state index contributed by atoms with van der Waals surface area (Å²) < 4.78 is 5.48. The third kappa shape index (κ3) is 3.99. The number of ether oxygens (including phenoxy) is 1. The van der Waals surface area contributed by atoms with Crippen molar-refractivity contribution in [3.8, 4) is 0 Å². The molecule has 2 heterocycles. The van der Waals surface area contributed by atoms with Crippen LogP contribution in [-0.2, 0) is 30.3 Å². The molecule has 7 nitrogen and oxygen atoms in total. The molecule has 3 fully saturated rings. The van der Waals surface area contributed by atoms with Gasteiger partial charge in [0.1, 0.15) is 5.78 Å². The molecule has 2 aliphatic heterocycles. The van der Waals surface area contributed by atoms with E-state index in [-0.39, 0.29) is 53.6 Å². The van der Waals surface area contributed by atoms with E-state index in [1.54, 1.807) is 0 Å². The van der Waals surface area contributed by atoms with Crippen molar-refractivity contribution in [2.45, 2.75) is 57.3 Å². The van der Waals surface area contributed by atoms with E-state index in [1.165, 1.54) is 0 Å². The van der Waals surface area contributed by atoms with E-state index in [0.29, 0.717) is 44.6 Å². The van der Waals surface area contributed by atoms with Gasteiger partial charge in [-0.1, -0.05) is 43.3 Å². The van der Waals surface area contributed by atoms with Gasteiger partial charge in [0.15, 0.2) is 0 Å². The second-order valence-corrected chi connectivity index (χ2v) is 11.4. The van der Waals surface area contributed by atoms with Crippen molar-refractivity contribution in [3.63, 3.8) is 0 Å². The van der Waals surface area contributed by atoms with Crippen molar-refractivity contribution in [3.05, 3.63) is 65.2 Å². The molecular formula is C31H34N2O5. The minimum absolute atomic E-state index is 0.0395. The molecule has 7 heteroatoms. The van der Waals surface area contributed by atoms with Gasteiger partial charge in [0, 0.05) is 43.1 Å². The standard InChI is InChI=1S/C31H34N2O5/c1-2-22(18-6-4-3-5-7-18)24(28(35)19-10-12-38-13-11-19)15-27(34)32-21-8-9-23-20(14-21)17-31-25(23)16-26(31)29(36)33-30(31)37/h3-9,14,19,22,24-26H,2,10-13,15-17H2,1H3,(H,32,34)(H,33,36,37)/t22-,24?,25?,26?,31+/m1/s1. The van der Waals surface area contributed by atoms with Gasteiger partial charge >= 0.3 is 0 Å². The average molecular weight is 515 g/mol. The van der Waals surface area contributed by atoms with Gasteiger partial charge in [-0.2, -0.15) is 0 Å². The minimum Gasteiger partial charge on any atom is -0.381 e. The third-order valence-electron chi connectivity index (χ3n) is 9.52. The number of imide groups is 1. The second kappa shape index (κ2) is 9.77. The van der Waals surface area contributed by atoms with Crippen LogP contribution in [-0.4, -0.2) is 36.7 Å². The third-order valence-corrected chi connectivity index (χ3v) is 9.52. The first kappa shape index (κ1) is 25.0. The number of ketones is 1. The number of anilines is 1. The lowest BCUT2D eigenvalue weighted by molar-refractivity contribution is -0.136. The number of amides is 3. The van der Waals surface area contributed by atoms with Crippen LogP contribution in [0.2, 0.25) is 0 Å². The summed E-state index contributed by atoms with van der Waals surface area (Å²) in [6.45, 7) is 3.24. The van der Waals surface area contributed by atoms with Crippen molar-refractivity contribution in [2.75, 3.05) is 18.5 Å². The monoisotopic (exact) mass is 514 g/mol. The van der Waals surface area contributed by atoms with E-state index in [1.807, 2.05) is 48.5 Å². The molecule has 2 aliphatic carbocycles. The molecule has 2 saturated heterocycles. The SMILES string of the molecule is CC[C@H](c1ccccc1)C(CC(=O)Nc1ccc2c(c1)C[C@@]13C(=O)NC(=O)C1CC23)C(=O)C1CCOCC1. The highest BCUT2D eigenvalue weighted by atomic mass is 16.5. The molecule has 1 saturated carbocycles. The number of hydrogen-bond acceptors (Lipinski definition) is 5. The molecule has 2 aromatic rings. The van der Waals surface area contributed by atoms with Crippen LogP contribution in [0.3, 0.4) is 0 Å².